The van der Waals surface area contributed by atoms with Crippen molar-refractivity contribution in [3.05, 3.63) is 10.4 Å². The second-order valence-electron chi connectivity index (χ2n) is 4.35. The maximum Gasteiger partial charge on any atom is 0.256 e. The van der Waals surface area contributed by atoms with Crippen LogP contribution in [-0.2, 0) is 0 Å². The predicted molar refractivity (Wildman–Crippen MR) is 73.6 cm³/mol. The van der Waals surface area contributed by atoms with Crippen molar-refractivity contribution in [3.8, 4) is 0 Å². The van der Waals surface area contributed by atoms with Gasteiger partial charge in [0.25, 0.3) is 5.91 Å². The van der Waals surface area contributed by atoms with Crippen LogP contribution >= 0.6 is 11.3 Å². The average molecular weight is 267 g/mol. The van der Waals surface area contributed by atoms with Gasteiger partial charge >= 0.3 is 0 Å². The molecule has 0 bridgehead atoms. The van der Waals surface area contributed by atoms with E-state index in [1.807, 2.05) is 0 Å². The molecule has 0 saturated carbocycles. The summed E-state index contributed by atoms with van der Waals surface area (Å²) < 4.78 is 0. The molecule has 0 unspecified atom stereocenters. The van der Waals surface area contributed by atoms with Gasteiger partial charge in [0.05, 0.1) is 16.1 Å². The highest BCUT2D eigenvalue weighted by molar-refractivity contribution is 7.19. The number of carbonyl (C=O) groups is 2. The van der Waals surface area contributed by atoms with Crippen molar-refractivity contribution in [2.24, 2.45) is 0 Å². The van der Waals surface area contributed by atoms with Crippen LogP contribution in [0, 0.1) is 0 Å². The van der Waals surface area contributed by atoms with Crippen molar-refractivity contribution in [3.63, 3.8) is 0 Å². The first-order valence-corrected chi connectivity index (χ1v) is 6.78. The molecule has 1 aliphatic heterocycles. The molecule has 6 heteroatoms. The van der Waals surface area contributed by atoms with Crippen molar-refractivity contribution < 1.29 is 9.59 Å². The largest absolute Gasteiger partial charge is 0.397 e. The number of nitrogen functional groups attached to an aromatic ring is 1. The van der Waals surface area contributed by atoms with Gasteiger partial charge in [0, 0.05) is 27.1 Å². The number of hydrogen-bond donors (Lipinski definition) is 2. The predicted octanol–water partition coefficient (Wildman–Crippen LogP) is 1.49. The van der Waals surface area contributed by atoms with Crippen LogP contribution in [0.25, 0.3) is 0 Å². The average Bonchev–Trinajstić information content (AvgIpc) is 2.94. The lowest BCUT2D eigenvalue weighted by Crippen LogP contribution is -2.24. The van der Waals surface area contributed by atoms with E-state index < -0.39 is 0 Å². The third-order valence-electron chi connectivity index (χ3n) is 3.09. The number of Topliss-reactive ketones (excluding diaryl/α,β-unsaturated/α-hetero) is 1. The third-order valence-corrected chi connectivity index (χ3v) is 4.46. The molecule has 0 aliphatic carbocycles. The first-order valence-electron chi connectivity index (χ1n) is 5.96. The third kappa shape index (κ3) is 2.08. The zero-order valence-corrected chi connectivity index (χ0v) is 11.4. The van der Waals surface area contributed by atoms with Crippen LogP contribution in [0.5, 0.6) is 0 Å². The first kappa shape index (κ1) is 12.9. The summed E-state index contributed by atoms with van der Waals surface area (Å²) in [6, 6.07) is 0. The lowest BCUT2D eigenvalue weighted by molar-refractivity contribution is 0.0964. The number of nitrogens with one attached hydrogen (secondary N) is 1. The normalized spacial score (nSPS) is 14.9. The van der Waals surface area contributed by atoms with Crippen LogP contribution in [0.15, 0.2) is 0 Å². The van der Waals surface area contributed by atoms with E-state index in [1.165, 1.54) is 18.3 Å². The summed E-state index contributed by atoms with van der Waals surface area (Å²) in [5.74, 6) is -0.314. The molecule has 1 aromatic rings. The Morgan fingerprint density at radius 3 is 2.44 bits per heavy atom. The SMILES string of the molecule is CNC(=O)c1c(N2CCCC2)sc(C(C)=O)c1N. The standard InChI is InChI=1S/C12H17N3O2S/c1-7(16)10-9(13)8(11(17)14-2)12(18-10)15-5-3-4-6-15/h3-6,13H2,1-2H3,(H,14,17). The molecular formula is C12H17N3O2S. The van der Waals surface area contributed by atoms with Crippen molar-refractivity contribution in [1.29, 1.82) is 0 Å². The lowest BCUT2D eigenvalue weighted by Gasteiger charge is -2.16. The molecule has 2 heterocycles. The molecule has 1 amide bonds. The Balaban J connectivity index is 2.52. The molecule has 98 valence electrons. The van der Waals surface area contributed by atoms with E-state index in [1.54, 1.807) is 7.05 Å². The zero-order valence-electron chi connectivity index (χ0n) is 10.6. The summed E-state index contributed by atoms with van der Waals surface area (Å²) in [5, 5.41) is 3.42. The molecule has 18 heavy (non-hydrogen) atoms. The molecule has 1 fully saturated rings. The molecular weight excluding hydrogens is 250 g/mol. The molecule has 2 rings (SSSR count). The molecule has 3 N–H and O–H groups in total. The van der Waals surface area contributed by atoms with E-state index >= 15 is 0 Å². The maximum absolute atomic E-state index is 11.9. The number of carbonyl (C=O) groups excluding carboxylic acids is 2. The molecule has 1 aliphatic rings. The van der Waals surface area contributed by atoms with Gasteiger partial charge in [0.2, 0.25) is 0 Å². The van der Waals surface area contributed by atoms with Gasteiger partial charge in [-0.2, -0.15) is 0 Å². The van der Waals surface area contributed by atoms with Crippen LogP contribution in [0.3, 0.4) is 0 Å². The zero-order chi connectivity index (χ0) is 13.3. The van der Waals surface area contributed by atoms with Gasteiger partial charge in [-0.1, -0.05) is 0 Å². The summed E-state index contributed by atoms with van der Waals surface area (Å²) >= 11 is 1.33. The van der Waals surface area contributed by atoms with Gasteiger partial charge in [0.15, 0.2) is 5.78 Å². The summed E-state index contributed by atoms with van der Waals surface area (Å²) in [5.41, 5.74) is 6.72. The highest BCUT2D eigenvalue weighted by Crippen LogP contribution is 2.39. The number of amides is 1. The second-order valence-corrected chi connectivity index (χ2v) is 5.35. The Kier molecular flexibility index (Phi) is 3.56. The molecule has 1 saturated heterocycles. The van der Waals surface area contributed by atoms with Crippen LogP contribution in [0.4, 0.5) is 10.7 Å². The Morgan fingerprint density at radius 1 is 1.33 bits per heavy atom. The van der Waals surface area contributed by atoms with Crippen LogP contribution in [0.2, 0.25) is 0 Å². The van der Waals surface area contributed by atoms with Gasteiger partial charge < -0.3 is 16.0 Å². The Labute approximate surface area is 110 Å². The highest BCUT2D eigenvalue weighted by atomic mass is 32.1. The minimum absolute atomic E-state index is 0.0897. The van der Waals surface area contributed by atoms with E-state index in [9.17, 15) is 9.59 Å². The monoisotopic (exact) mass is 267 g/mol. The van der Waals surface area contributed by atoms with Gasteiger partial charge in [-0.15, -0.1) is 11.3 Å². The van der Waals surface area contributed by atoms with Crippen molar-refractivity contribution in [2.75, 3.05) is 30.8 Å². The number of ketones is 1. The molecule has 5 nitrogen and oxygen atoms in total. The van der Waals surface area contributed by atoms with E-state index in [2.05, 4.69) is 10.2 Å². The number of rotatable bonds is 3. The van der Waals surface area contributed by atoms with Crippen molar-refractivity contribution in [1.82, 2.24) is 5.32 Å². The van der Waals surface area contributed by atoms with Gasteiger partial charge in [0.1, 0.15) is 5.00 Å². The summed E-state index contributed by atoms with van der Waals surface area (Å²) in [6.07, 6.45) is 2.22. The van der Waals surface area contributed by atoms with Gasteiger partial charge in [-0.05, 0) is 12.8 Å². The maximum atomic E-state index is 11.9. The summed E-state index contributed by atoms with van der Waals surface area (Å²) in [7, 11) is 1.57. The Hall–Kier alpha value is -1.56. The molecule has 0 radical (unpaired) electrons. The van der Waals surface area contributed by atoms with Gasteiger partial charge in [-0.3, -0.25) is 9.59 Å². The number of hydrogen-bond acceptors (Lipinski definition) is 5. The molecule has 0 spiro atoms. The summed E-state index contributed by atoms with van der Waals surface area (Å²) in [4.78, 5) is 26.1. The quantitative estimate of drug-likeness (QED) is 0.814. The van der Waals surface area contributed by atoms with E-state index in [-0.39, 0.29) is 11.7 Å². The minimum Gasteiger partial charge on any atom is -0.397 e. The fraction of sp³-hybridized carbons (Fsp3) is 0.500. The fourth-order valence-corrected chi connectivity index (χ4v) is 3.35. The van der Waals surface area contributed by atoms with Crippen molar-refractivity contribution >= 4 is 33.7 Å². The number of nitrogens with two attached hydrogens (primary N) is 1. The van der Waals surface area contributed by atoms with Crippen LogP contribution in [0.1, 0.15) is 39.8 Å². The van der Waals surface area contributed by atoms with Crippen LogP contribution < -0.4 is 16.0 Å². The van der Waals surface area contributed by atoms with E-state index in [0.717, 1.165) is 30.9 Å². The number of anilines is 2. The molecule has 0 aromatic carbocycles. The van der Waals surface area contributed by atoms with Crippen LogP contribution in [-0.4, -0.2) is 31.8 Å². The lowest BCUT2D eigenvalue weighted by atomic mass is 10.2. The Morgan fingerprint density at radius 2 is 1.94 bits per heavy atom. The van der Waals surface area contributed by atoms with E-state index in [4.69, 9.17) is 5.73 Å². The molecule has 0 atom stereocenters. The fourth-order valence-electron chi connectivity index (χ4n) is 2.18. The highest BCUT2D eigenvalue weighted by Gasteiger charge is 2.27. The minimum atomic E-state index is -0.224. The van der Waals surface area contributed by atoms with Gasteiger partial charge in [-0.25, -0.2) is 0 Å². The van der Waals surface area contributed by atoms with Crippen molar-refractivity contribution in [2.45, 2.75) is 19.8 Å². The first-order chi connectivity index (χ1) is 8.56. The smallest absolute Gasteiger partial charge is 0.256 e. The topological polar surface area (TPSA) is 75.4 Å². The number of nitrogens with zero attached hydrogens (tertiary/aromatic N) is 1. The van der Waals surface area contributed by atoms with E-state index in [0.29, 0.717) is 16.1 Å². The summed E-state index contributed by atoms with van der Waals surface area (Å²) in [6.45, 7) is 3.31. The Bertz CT molecular complexity index is 490. The second kappa shape index (κ2) is 4.97. The molecule has 1 aromatic heterocycles. The number of thiophene rings is 1.